The number of hydrogen-bond acceptors (Lipinski definition) is 3. The van der Waals surface area contributed by atoms with Gasteiger partial charge in [-0.15, -0.1) is 0 Å². The quantitative estimate of drug-likeness (QED) is 0.867. The Kier molecular flexibility index (Phi) is 3.50. The molecule has 96 valence electrons. The number of benzene rings is 1. The molecule has 3 rings (SSSR count). The van der Waals surface area contributed by atoms with Crippen LogP contribution in [0.1, 0.15) is 39.0 Å². The van der Waals surface area contributed by atoms with Crippen LogP contribution in [0.15, 0.2) is 24.3 Å². The summed E-state index contributed by atoms with van der Waals surface area (Å²) in [4.78, 5) is 4.68. The van der Waals surface area contributed by atoms with Gasteiger partial charge in [0.05, 0.1) is 10.2 Å². The monoisotopic (exact) mass is 260 g/mol. The Balaban J connectivity index is 1.78. The van der Waals surface area contributed by atoms with Crippen molar-refractivity contribution < 1.29 is 0 Å². The lowest BCUT2D eigenvalue weighted by Gasteiger charge is -2.31. The van der Waals surface area contributed by atoms with Crippen molar-refractivity contribution in [1.82, 2.24) is 4.98 Å². The van der Waals surface area contributed by atoms with Gasteiger partial charge in [-0.3, -0.25) is 0 Å². The van der Waals surface area contributed by atoms with Crippen molar-refractivity contribution >= 4 is 26.7 Å². The first-order valence-corrected chi connectivity index (χ1v) is 7.80. The minimum absolute atomic E-state index is 0.629. The summed E-state index contributed by atoms with van der Waals surface area (Å²) < 4.78 is 1.28. The zero-order valence-electron chi connectivity index (χ0n) is 10.9. The van der Waals surface area contributed by atoms with Gasteiger partial charge in [0.15, 0.2) is 5.13 Å². The molecule has 18 heavy (non-hydrogen) atoms. The first kappa shape index (κ1) is 12.0. The first-order chi connectivity index (χ1) is 8.86. The zero-order valence-corrected chi connectivity index (χ0v) is 11.7. The van der Waals surface area contributed by atoms with E-state index in [4.69, 9.17) is 0 Å². The molecule has 2 unspecified atom stereocenters. The summed E-state index contributed by atoms with van der Waals surface area (Å²) in [7, 11) is 0. The molecule has 2 atom stereocenters. The summed E-state index contributed by atoms with van der Waals surface area (Å²) in [6, 6.07) is 9.01. The second-order valence-electron chi connectivity index (χ2n) is 5.19. The molecular formula is C15H20N2S. The molecule has 1 aliphatic rings. The number of anilines is 1. The highest BCUT2D eigenvalue weighted by Crippen LogP contribution is 2.32. The van der Waals surface area contributed by atoms with Crippen LogP contribution >= 0.6 is 11.3 Å². The van der Waals surface area contributed by atoms with Crippen molar-refractivity contribution in [3.8, 4) is 0 Å². The topological polar surface area (TPSA) is 24.9 Å². The Morgan fingerprint density at radius 2 is 2.11 bits per heavy atom. The molecule has 3 heteroatoms. The van der Waals surface area contributed by atoms with Crippen LogP contribution in [0.3, 0.4) is 0 Å². The molecule has 0 aliphatic heterocycles. The molecule has 0 saturated heterocycles. The first-order valence-electron chi connectivity index (χ1n) is 6.99. The molecule has 1 heterocycles. The van der Waals surface area contributed by atoms with Crippen molar-refractivity contribution in [2.45, 2.75) is 45.1 Å². The number of thiazole rings is 1. The standard InChI is InChI=1S/C15H20N2S/c1-2-11-7-3-4-8-12(11)16-15-17-13-9-5-6-10-14(13)18-15/h5-6,9-12H,2-4,7-8H2,1H3,(H,16,17). The van der Waals surface area contributed by atoms with Crippen LogP contribution in [0.2, 0.25) is 0 Å². The van der Waals surface area contributed by atoms with E-state index in [9.17, 15) is 0 Å². The van der Waals surface area contributed by atoms with Crippen molar-refractivity contribution in [2.24, 2.45) is 5.92 Å². The number of hydrogen-bond donors (Lipinski definition) is 1. The highest BCUT2D eigenvalue weighted by molar-refractivity contribution is 7.22. The summed E-state index contributed by atoms with van der Waals surface area (Å²) in [5.74, 6) is 0.825. The molecule has 2 aromatic rings. The van der Waals surface area contributed by atoms with E-state index in [0.29, 0.717) is 6.04 Å². The molecule has 0 bridgehead atoms. The average Bonchev–Trinajstić information content (AvgIpc) is 2.81. The van der Waals surface area contributed by atoms with E-state index in [0.717, 1.165) is 16.6 Å². The van der Waals surface area contributed by atoms with Crippen molar-refractivity contribution in [2.75, 3.05) is 5.32 Å². The largest absolute Gasteiger partial charge is 0.358 e. The second kappa shape index (κ2) is 5.27. The highest BCUT2D eigenvalue weighted by atomic mass is 32.1. The third kappa shape index (κ3) is 2.37. The van der Waals surface area contributed by atoms with Gasteiger partial charge in [0.25, 0.3) is 0 Å². The van der Waals surface area contributed by atoms with Gasteiger partial charge in [-0.25, -0.2) is 4.98 Å². The summed E-state index contributed by atoms with van der Waals surface area (Å²) >= 11 is 1.78. The summed E-state index contributed by atoms with van der Waals surface area (Å²) in [6.07, 6.45) is 6.71. The molecule has 0 amide bonds. The average molecular weight is 260 g/mol. The minimum Gasteiger partial charge on any atom is -0.358 e. The number of para-hydroxylation sites is 1. The maximum atomic E-state index is 4.68. The third-order valence-corrected chi connectivity index (χ3v) is 5.00. The Morgan fingerprint density at radius 1 is 1.28 bits per heavy atom. The molecule has 2 nitrogen and oxygen atoms in total. The summed E-state index contributed by atoms with van der Waals surface area (Å²) in [6.45, 7) is 2.31. The number of aromatic nitrogens is 1. The van der Waals surface area contributed by atoms with Gasteiger partial charge < -0.3 is 5.32 Å². The maximum Gasteiger partial charge on any atom is 0.184 e. The number of nitrogens with one attached hydrogen (secondary N) is 1. The van der Waals surface area contributed by atoms with Crippen molar-refractivity contribution in [3.05, 3.63) is 24.3 Å². The second-order valence-corrected chi connectivity index (χ2v) is 6.22. The van der Waals surface area contributed by atoms with Crippen LogP contribution in [0, 0.1) is 5.92 Å². The molecule has 1 aromatic heterocycles. The Bertz CT molecular complexity index is 487. The minimum atomic E-state index is 0.629. The Labute approximate surface area is 112 Å². The van der Waals surface area contributed by atoms with Gasteiger partial charge >= 0.3 is 0 Å². The number of fused-ring (bicyclic) bond motifs is 1. The Morgan fingerprint density at radius 3 is 2.94 bits per heavy atom. The van der Waals surface area contributed by atoms with Crippen molar-refractivity contribution in [3.63, 3.8) is 0 Å². The van der Waals surface area contributed by atoms with E-state index >= 15 is 0 Å². The fraction of sp³-hybridized carbons (Fsp3) is 0.533. The van der Waals surface area contributed by atoms with E-state index in [1.54, 1.807) is 11.3 Å². The molecule has 1 fully saturated rings. The SMILES string of the molecule is CCC1CCCCC1Nc1nc2ccccc2s1. The predicted molar refractivity (Wildman–Crippen MR) is 79.3 cm³/mol. The van der Waals surface area contributed by atoms with Gasteiger partial charge in [-0.1, -0.05) is 49.7 Å². The highest BCUT2D eigenvalue weighted by Gasteiger charge is 2.24. The van der Waals surface area contributed by atoms with Crippen LogP contribution < -0.4 is 5.32 Å². The molecule has 1 saturated carbocycles. The lowest BCUT2D eigenvalue weighted by Crippen LogP contribution is -2.31. The molecule has 1 aliphatic carbocycles. The van der Waals surface area contributed by atoms with E-state index < -0.39 is 0 Å². The fourth-order valence-electron chi connectivity index (χ4n) is 2.98. The summed E-state index contributed by atoms with van der Waals surface area (Å²) in [5, 5.41) is 4.78. The van der Waals surface area contributed by atoms with E-state index in [-0.39, 0.29) is 0 Å². The molecule has 1 aromatic carbocycles. The van der Waals surface area contributed by atoms with Gasteiger partial charge in [-0.05, 0) is 30.9 Å². The van der Waals surface area contributed by atoms with Crippen LogP contribution in [-0.2, 0) is 0 Å². The van der Waals surface area contributed by atoms with Gasteiger partial charge in [0, 0.05) is 6.04 Å². The van der Waals surface area contributed by atoms with Crippen LogP contribution in [0.5, 0.6) is 0 Å². The van der Waals surface area contributed by atoms with Crippen LogP contribution in [0.4, 0.5) is 5.13 Å². The molecular weight excluding hydrogens is 240 g/mol. The van der Waals surface area contributed by atoms with Crippen LogP contribution in [0.25, 0.3) is 10.2 Å². The zero-order chi connectivity index (χ0) is 12.4. The Hall–Kier alpha value is -1.09. The molecule has 0 spiro atoms. The van der Waals surface area contributed by atoms with E-state index in [1.807, 2.05) is 0 Å². The van der Waals surface area contributed by atoms with E-state index in [1.165, 1.54) is 36.8 Å². The van der Waals surface area contributed by atoms with Crippen LogP contribution in [-0.4, -0.2) is 11.0 Å². The smallest absolute Gasteiger partial charge is 0.184 e. The van der Waals surface area contributed by atoms with Gasteiger partial charge in [0.1, 0.15) is 0 Å². The molecule has 0 radical (unpaired) electrons. The third-order valence-electron chi connectivity index (χ3n) is 4.04. The lowest BCUT2D eigenvalue weighted by atomic mass is 9.83. The lowest BCUT2D eigenvalue weighted by molar-refractivity contribution is 0.317. The van der Waals surface area contributed by atoms with Gasteiger partial charge in [-0.2, -0.15) is 0 Å². The fourth-order valence-corrected chi connectivity index (χ4v) is 3.91. The normalized spacial score (nSPS) is 24.3. The summed E-state index contributed by atoms with van der Waals surface area (Å²) in [5.41, 5.74) is 1.12. The predicted octanol–water partition coefficient (Wildman–Crippen LogP) is 4.68. The van der Waals surface area contributed by atoms with E-state index in [2.05, 4.69) is 41.5 Å². The van der Waals surface area contributed by atoms with Gasteiger partial charge in [0.2, 0.25) is 0 Å². The van der Waals surface area contributed by atoms with Crippen molar-refractivity contribution in [1.29, 1.82) is 0 Å². The maximum absolute atomic E-state index is 4.68. The number of nitrogens with zero attached hydrogens (tertiary/aromatic N) is 1. The molecule has 1 N–H and O–H groups in total. The number of rotatable bonds is 3.